The zero-order valence-corrected chi connectivity index (χ0v) is 18.4. The maximum Gasteiger partial charge on any atom is 0.308 e. The highest BCUT2D eigenvalue weighted by Gasteiger charge is 2.34. The standard InChI is InChI=1S/C22H23N3O4S2/c26-19(9-8-17-7-4-14-31-17)24-22(30)25-12-11-23-21(28)18(25)15-20(27)29-13-10-16-5-2-1-3-6-16/h1-9,14,18H,10-13,15H2,(H,23,28)(H,24,26,30). The highest BCUT2D eigenvalue weighted by Crippen LogP contribution is 2.12. The Balaban J connectivity index is 1.52. The van der Waals surface area contributed by atoms with Gasteiger partial charge in [0.15, 0.2) is 5.11 Å². The van der Waals surface area contributed by atoms with Crippen molar-refractivity contribution in [2.24, 2.45) is 0 Å². The lowest BCUT2D eigenvalue weighted by atomic mass is 10.1. The van der Waals surface area contributed by atoms with Crippen LogP contribution in [0.2, 0.25) is 0 Å². The third kappa shape index (κ3) is 7.01. The van der Waals surface area contributed by atoms with Crippen molar-refractivity contribution in [1.29, 1.82) is 0 Å². The molecule has 2 amide bonds. The van der Waals surface area contributed by atoms with E-state index in [1.807, 2.05) is 47.8 Å². The number of carbonyl (C=O) groups is 3. The molecule has 1 saturated heterocycles. The largest absolute Gasteiger partial charge is 0.465 e. The average molecular weight is 458 g/mol. The molecular weight excluding hydrogens is 434 g/mol. The molecule has 31 heavy (non-hydrogen) atoms. The van der Waals surface area contributed by atoms with Crippen molar-refractivity contribution >= 4 is 52.5 Å². The Bertz CT molecular complexity index is 945. The number of carbonyl (C=O) groups excluding carboxylic acids is 3. The quantitative estimate of drug-likeness (QED) is 0.376. The molecule has 0 radical (unpaired) electrons. The first kappa shape index (κ1) is 22.6. The Morgan fingerprint density at radius 1 is 1.26 bits per heavy atom. The molecule has 3 rings (SSSR count). The van der Waals surface area contributed by atoms with Gasteiger partial charge in [-0.1, -0.05) is 36.4 Å². The van der Waals surface area contributed by atoms with Crippen LogP contribution in [0.15, 0.2) is 53.9 Å². The fraction of sp³-hybridized carbons (Fsp3) is 0.273. The van der Waals surface area contributed by atoms with Crippen molar-refractivity contribution in [3.05, 3.63) is 64.4 Å². The summed E-state index contributed by atoms with van der Waals surface area (Å²) in [4.78, 5) is 39.3. The third-order valence-corrected chi connectivity index (χ3v) is 5.79. The number of nitrogens with one attached hydrogen (secondary N) is 2. The SMILES string of the molecule is O=C(C=Cc1cccs1)NC(=S)N1CCNC(=O)C1CC(=O)OCCc1ccccc1. The molecule has 162 valence electrons. The highest BCUT2D eigenvalue weighted by molar-refractivity contribution is 7.80. The summed E-state index contributed by atoms with van der Waals surface area (Å²) >= 11 is 6.84. The molecule has 1 unspecified atom stereocenters. The van der Waals surface area contributed by atoms with E-state index in [9.17, 15) is 14.4 Å². The Kier molecular flexibility index (Phi) is 8.31. The Labute approximate surface area is 190 Å². The zero-order valence-electron chi connectivity index (χ0n) is 16.8. The number of hydrogen-bond acceptors (Lipinski definition) is 6. The predicted octanol–water partition coefficient (Wildman–Crippen LogP) is 2.14. The van der Waals surface area contributed by atoms with Gasteiger partial charge in [-0.2, -0.15) is 0 Å². The van der Waals surface area contributed by atoms with Crippen molar-refractivity contribution in [2.75, 3.05) is 19.7 Å². The summed E-state index contributed by atoms with van der Waals surface area (Å²) in [5.74, 6) is -1.21. The number of benzene rings is 1. The van der Waals surface area contributed by atoms with E-state index < -0.39 is 17.9 Å². The van der Waals surface area contributed by atoms with Crippen molar-refractivity contribution < 1.29 is 19.1 Å². The lowest BCUT2D eigenvalue weighted by Gasteiger charge is -2.36. The van der Waals surface area contributed by atoms with Gasteiger partial charge in [0.1, 0.15) is 6.04 Å². The Hall–Kier alpha value is -3.04. The van der Waals surface area contributed by atoms with E-state index >= 15 is 0 Å². The number of amides is 2. The Morgan fingerprint density at radius 2 is 2.06 bits per heavy atom. The molecule has 1 aromatic carbocycles. The van der Waals surface area contributed by atoms with E-state index in [0.29, 0.717) is 19.5 Å². The average Bonchev–Trinajstić information content (AvgIpc) is 3.28. The van der Waals surface area contributed by atoms with Gasteiger partial charge in [-0.15, -0.1) is 11.3 Å². The summed E-state index contributed by atoms with van der Waals surface area (Å²) in [5, 5.41) is 7.36. The molecule has 2 aromatic rings. The predicted molar refractivity (Wildman–Crippen MR) is 123 cm³/mol. The topological polar surface area (TPSA) is 87.7 Å². The number of esters is 1. The smallest absolute Gasteiger partial charge is 0.308 e. The zero-order chi connectivity index (χ0) is 22.1. The Morgan fingerprint density at radius 3 is 2.81 bits per heavy atom. The van der Waals surface area contributed by atoms with Gasteiger partial charge in [0.25, 0.3) is 0 Å². The second-order valence-corrected chi connectivity index (χ2v) is 8.17. The van der Waals surface area contributed by atoms with Crippen LogP contribution in [0.25, 0.3) is 6.08 Å². The second-order valence-electron chi connectivity index (χ2n) is 6.80. The molecule has 9 heteroatoms. The molecule has 1 fully saturated rings. The molecule has 1 aliphatic heterocycles. The molecule has 0 saturated carbocycles. The number of ether oxygens (including phenoxy) is 1. The van der Waals surface area contributed by atoms with E-state index in [0.717, 1.165) is 10.4 Å². The number of rotatable bonds is 7. The van der Waals surface area contributed by atoms with Crippen LogP contribution in [-0.4, -0.2) is 53.5 Å². The summed E-state index contributed by atoms with van der Waals surface area (Å²) in [6.07, 6.45) is 3.52. The normalized spacial score (nSPS) is 16.1. The fourth-order valence-corrected chi connectivity index (χ4v) is 4.00. The number of thiocarbonyl (C=S) groups is 1. The molecule has 0 bridgehead atoms. The summed E-state index contributed by atoms with van der Waals surface area (Å²) in [5.41, 5.74) is 1.06. The van der Waals surface area contributed by atoms with Gasteiger partial charge in [-0.25, -0.2) is 0 Å². The summed E-state index contributed by atoms with van der Waals surface area (Å²) in [6.45, 7) is 0.993. The van der Waals surface area contributed by atoms with Crippen molar-refractivity contribution in [3.8, 4) is 0 Å². The van der Waals surface area contributed by atoms with E-state index in [1.165, 1.54) is 17.4 Å². The second kappa shape index (κ2) is 11.4. The van der Waals surface area contributed by atoms with Gasteiger partial charge in [0.05, 0.1) is 13.0 Å². The van der Waals surface area contributed by atoms with Crippen LogP contribution >= 0.6 is 23.6 Å². The van der Waals surface area contributed by atoms with Crippen molar-refractivity contribution in [3.63, 3.8) is 0 Å². The van der Waals surface area contributed by atoms with Gasteiger partial charge in [0, 0.05) is 30.5 Å². The van der Waals surface area contributed by atoms with Crippen LogP contribution in [0.4, 0.5) is 0 Å². The van der Waals surface area contributed by atoms with Crippen molar-refractivity contribution in [1.82, 2.24) is 15.5 Å². The van der Waals surface area contributed by atoms with Crippen molar-refractivity contribution in [2.45, 2.75) is 18.9 Å². The van der Waals surface area contributed by atoms with E-state index in [4.69, 9.17) is 17.0 Å². The maximum atomic E-state index is 12.4. The minimum absolute atomic E-state index is 0.109. The van der Waals surface area contributed by atoms with Crippen LogP contribution in [0.3, 0.4) is 0 Å². The van der Waals surface area contributed by atoms with Gasteiger partial charge in [-0.3, -0.25) is 19.7 Å². The number of hydrogen-bond donors (Lipinski definition) is 2. The molecule has 0 aliphatic carbocycles. The summed E-state index contributed by atoms with van der Waals surface area (Å²) in [7, 11) is 0. The van der Waals surface area contributed by atoms with E-state index in [2.05, 4.69) is 10.6 Å². The van der Waals surface area contributed by atoms with E-state index in [1.54, 1.807) is 11.0 Å². The molecule has 1 aliphatic rings. The van der Waals surface area contributed by atoms with Gasteiger partial charge in [0.2, 0.25) is 11.8 Å². The van der Waals surface area contributed by atoms with Crippen LogP contribution in [0.5, 0.6) is 0 Å². The number of thiophene rings is 1. The van der Waals surface area contributed by atoms with Gasteiger partial charge >= 0.3 is 5.97 Å². The minimum Gasteiger partial charge on any atom is -0.465 e. The molecule has 2 heterocycles. The summed E-state index contributed by atoms with van der Waals surface area (Å²) in [6, 6.07) is 12.6. The van der Waals surface area contributed by atoms with Crippen LogP contribution in [0, 0.1) is 0 Å². The fourth-order valence-electron chi connectivity index (χ4n) is 3.07. The molecular formula is C22H23N3O4S2. The molecule has 0 spiro atoms. The first-order valence-corrected chi connectivity index (χ1v) is 11.1. The molecule has 7 nitrogen and oxygen atoms in total. The highest BCUT2D eigenvalue weighted by atomic mass is 32.1. The van der Waals surface area contributed by atoms with Gasteiger partial charge in [-0.05, 0) is 35.3 Å². The molecule has 2 N–H and O–H groups in total. The first-order chi connectivity index (χ1) is 15.0. The van der Waals surface area contributed by atoms with E-state index in [-0.39, 0.29) is 24.0 Å². The third-order valence-electron chi connectivity index (χ3n) is 4.62. The molecule has 1 aromatic heterocycles. The first-order valence-electron chi connectivity index (χ1n) is 9.83. The van der Waals surface area contributed by atoms with Crippen LogP contribution in [0.1, 0.15) is 16.9 Å². The lowest BCUT2D eigenvalue weighted by Crippen LogP contribution is -2.60. The van der Waals surface area contributed by atoms with Gasteiger partial charge < -0.3 is 15.0 Å². The number of nitrogens with zero attached hydrogens (tertiary/aromatic N) is 1. The number of piperazine rings is 1. The monoisotopic (exact) mass is 457 g/mol. The van der Waals surface area contributed by atoms with Crippen LogP contribution < -0.4 is 10.6 Å². The lowest BCUT2D eigenvalue weighted by molar-refractivity contribution is -0.147. The van der Waals surface area contributed by atoms with Crippen LogP contribution in [-0.2, 0) is 25.5 Å². The summed E-state index contributed by atoms with van der Waals surface area (Å²) < 4.78 is 5.30. The molecule has 1 atom stereocenters. The maximum absolute atomic E-state index is 12.4. The minimum atomic E-state index is -0.827.